The van der Waals surface area contributed by atoms with Gasteiger partial charge in [0.2, 0.25) is 0 Å². The molecule has 0 atom stereocenters. The Morgan fingerprint density at radius 2 is 2.18 bits per heavy atom. The van der Waals surface area contributed by atoms with Crippen molar-refractivity contribution in [1.82, 2.24) is 25.4 Å². The summed E-state index contributed by atoms with van der Waals surface area (Å²) < 4.78 is 2.23. The van der Waals surface area contributed by atoms with Gasteiger partial charge in [0, 0.05) is 26.1 Å². The van der Waals surface area contributed by atoms with Gasteiger partial charge in [0.15, 0.2) is 11.8 Å². The van der Waals surface area contributed by atoms with Gasteiger partial charge in [0.05, 0.1) is 0 Å². The Balaban J connectivity index is 1.85. The van der Waals surface area contributed by atoms with Crippen molar-refractivity contribution in [2.24, 2.45) is 4.99 Å². The summed E-state index contributed by atoms with van der Waals surface area (Å²) in [6, 6.07) is 0. The molecule has 1 aliphatic rings. The van der Waals surface area contributed by atoms with Crippen LogP contribution in [0.25, 0.3) is 0 Å². The van der Waals surface area contributed by atoms with Crippen molar-refractivity contribution < 1.29 is 0 Å². The third kappa shape index (κ3) is 5.19. The Bertz CT molecular complexity index is 471. The Morgan fingerprint density at radius 1 is 1.27 bits per heavy atom. The van der Waals surface area contributed by atoms with Crippen molar-refractivity contribution in [2.45, 2.75) is 52.1 Å². The first-order valence-electron chi connectivity index (χ1n) is 8.27. The van der Waals surface area contributed by atoms with Gasteiger partial charge < -0.3 is 15.2 Å². The highest BCUT2D eigenvalue weighted by molar-refractivity contribution is 7.98. The minimum atomic E-state index is 0.590. The van der Waals surface area contributed by atoms with E-state index in [-0.39, 0.29) is 0 Å². The van der Waals surface area contributed by atoms with E-state index in [0.29, 0.717) is 6.54 Å². The lowest BCUT2D eigenvalue weighted by Gasteiger charge is -2.14. The Morgan fingerprint density at radius 3 is 3.00 bits per heavy atom. The Hall–Kier alpha value is -1.24. The van der Waals surface area contributed by atoms with E-state index < -0.39 is 0 Å². The van der Waals surface area contributed by atoms with Crippen LogP contribution in [0.4, 0.5) is 0 Å². The molecule has 0 spiro atoms. The smallest absolute Gasteiger partial charge is 0.191 e. The molecule has 0 saturated carbocycles. The first-order chi connectivity index (χ1) is 10.8. The van der Waals surface area contributed by atoms with Crippen LogP contribution in [0.5, 0.6) is 0 Å². The molecule has 7 heteroatoms. The number of aliphatic imine (C=N–C) groups is 1. The van der Waals surface area contributed by atoms with Crippen LogP contribution in [0.15, 0.2) is 4.99 Å². The minimum absolute atomic E-state index is 0.590. The van der Waals surface area contributed by atoms with Gasteiger partial charge in [0.1, 0.15) is 12.4 Å². The maximum atomic E-state index is 4.65. The number of nitrogens with zero attached hydrogens (tertiary/aromatic N) is 4. The number of hydrogen-bond donors (Lipinski definition) is 2. The van der Waals surface area contributed by atoms with E-state index in [2.05, 4.69) is 43.6 Å². The van der Waals surface area contributed by atoms with Gasteiger partial charge in [0.25, 0.3) is 0 Å². The second-order valence-corrected chi connectivity index (χ2v) is 6.45. The number of fused-ring (bicyclic) bond motifs is 1. The number of rotatable bonds is 8. The fourth-order valence-electron chi connectivity index (χ4n) is 2.56. The largest absolute Gasteiger partial charge is 0.357 e. The predicted octanol–water partition coefficient (Wildman–Crippen LogP) is 1.81. The molecule has 0 aliphatic carbocycles. The summed E-state index contributed by atoms with van der Waals surface area (Å²) in [5.74, 6) is 4.20. The van der Waals surface area contributed by atoms with Crippen LogP contribution in [0.2, 0.25) is 0 Å². The second-order valence-electron chi connectivity index (χ2n) is 5.46. The zero-order chi connectivity index (χ0) is 15.6. The average molecular weight is 324 g/mol. The zero-order valence-corrected chi connectivity index (χ0v) is 14.6. The number of nitrogens with one attached hydrogen (secondary N) is 2. The number of unbranched alkanes of at least 4 members (excludes halogenated alkanes) is 1. The molecule has 1 aliphatic heterocycles. The summed E-state index contributed by atoms with van der Waals surface area (Å²) in [4.78, 5) is 4.65. The van der Waals surface area contributed by atoms with Gasteiger partial charge in [-0.1, -0.05) is 0 Å². The van der Waals surface area contributed by atoms with E-state index in [1.54, 1.807) is 0 Å². The van der Waals surface area contributed by atoms with E-state index in [1.807, 2.05) is 11.8 Å². The van der Waals surface area contributed by atoms with Crippen LogP contribution in [0.3, 0.4) is 0 Å². The molecule has 6 nitrogen and oxygen atoms in total. The topological polar surface area (TPSA) is 67.1 Å². The van der Waals surface area contributed by atoms with Crippen molar-refractivity contribution in [2.75, 3.05) is 25.1 Å². The molecule has 0 unspecified atom stereocenters. The third-order valence-electron chi connectivity index (χ3n) is 3.73. The van der Waals surface area contributed by atoms with Crippen molar-refractivity contribution in [3.63, 3.8) is 0 Å². The van der Waals surface area contributed by atoms with Gasteiger partial charge in [-0.05, 0) is 44.6 Å². The van der Waals surface area contributed by atoms with E-state index in [9.17, 15) is 0 Å². The predicted molar refractivity (Wildman–Crippen MR) is 93.4 cm³/mol. The molecule has 2 N–H and O–H groups in total. The molecule has 0 saturated heterocycles. The first-order valence-corrected chi connectivity index (χ1v) is 9.66. The monoisotopic (exact) mass is 324 g/mol. The fourth-order valence-corrected chi connectivity index (χ4v) is 3.05. The summed E-state index contributed by atoms with van der Waals surface area (Å²) in [7, 11) is 0. The van der Waals surface area contributed by atoms with Crippen molar-refractivity contribution in [3.05, 3.63) is 11.6 Å². The van der Waals surface area contributed by atoms with Crippen LogP contribution < -0.4 is 10.6 Å². The molecule has 22 heavy (non-hydrogen) atoms. The van der Waals surface area contributed by atoms with Gasteiger partial charge in [-0.15, -0.1) is 10.2 Å². The lowest BCUT2D eigenvalue weighted by atomic mass is 10.2. The molecule has 0 amide bonds. The second kappa shape index (κ2) is 9.71. The number of thioether (sulfide) groups is 1. The van der Waals surface area contributed by atoms with Crippen LogP contribution >= 0.6 is 11.8 Å². The maximum absolute atomic E-state index is 4.65. The molecule has 1 aromatic heterocycles. The van der Waals surface area contributed by atoms with E-state index in [4.69, 9.17) is 0 Å². The van der Waals surface area contributed by atoms with Crippen LogP contribution in [-0.2, 0) is 19.5 Å². The minimum Gasteiger partial charge on any atom is -0.357 e. The summed E-state index contributed by atoms with van der Waals surface area (Å²) in [6.45, 7) is 5.54. The summed E-state index contributed by atoms with van der Waals surface area (Å²) in [6.07, 6.45) is 8.05. The van der Waals surface area contributed by atoms with E-state index in [1.165, 1.54) is 31.4 Å². The number of guanidine groups is 1. The van der Waals surface area contributed by atoms with Gasteiger partial charge in [-0.25, -0.2) is 4.99 Å². The molecular formula is C15H28N6S. The van der Waals surface area contributed by atoms with E-state index >= 15 is 0 Å². The Labute approximate surface area is 137 Å². The highest BCUT2D eigenvalue weighted by Crippen LogP contribution is 2.14. The maximum Gasteiger partial charge on any atom is 0.191 e. The first kappa shape index (κ1) is 17.1. The van der Waals surface area contributed by atoms with Crippen LogP contribution in [0.1, 0.15) is 44.3 Å². The molecule has 124 valence electrons. The molecule has 0 aromatic carbocycles. The highest BCUT2D eigenvalue weighted by atomic mass is 32.2. The van der Waals surface area contributed by atoms with Gasteiger partial charge in [-0.3, -0.25) is 0 Å². The number of hydrogen-bond acceptors (Lipinski definition) is 4. The van der Waals surface area contributed by atoms with Crippen molar-refractivity contribution in [3.8, 4) is 0 Å². The number of aryl methyl sites for hydroxylation is 1. The average Bonchev–Trinajstić information content (AvgIpc) is 2.95. The third-order valence-corrected chi connectivity index (χ3v) is 4.42. The SMILES string of the molecule is CCNC(=NCc1nnc2n1CCCC2)NCCCCSC. The van der Waals surface area contributed by atoms with Crippen LogP contribution in [0, 0.1) is 0 Å². The quantitative estimate of drug-likeness (QED) is 0.434. The molecule has 2 rings (SSSR count). The normalized spacial score (nSPS) is 14.7. The summed E-state index contributed by atoms with van der Waals surface area (Å²) >= 11 is 1.90. The number of aromatic nitrogens is 3. The summed E-state index contributed by atoms with van der Waals surface area (Å²) in [5.41, 5.74) is 0. The Kier molecular flexibility index (Phi) is 7.56. The van der Waals surface area contributed by atoms with E-state index in [0.717, 1.165) is 43.7 Å². The molecule has 1 aromatic rings. The molecule has 0 radical (unpaired) electrons. The van der Waals surface area contributed by atoms with Gasteiger partial charge in [-0.2, -0.15) is 11.8 Å². The molecule has 0 fully saturated rings. The van der Waals surface area contributed by atoms with Gasteiger partial charge >= 0.3 is 0 Å². The molecule has 2 heterocycles. The highest BCUT2D eigenvalue weighted by Gasteiger charge is 2.15. The van der Waals surface area contributed by atoms with Crippen LogP contribution in [-0.4, -0.2) is 45.8 Å². The van der Waals surface area contributed by atoms with Crippen molar-refractivity contribution in [1.29, 1.82) is 0 Å². The lowest BCUT2D eigenvalue weighted by Crippen LogP contribution is -2.37. The lowest BCUT2D eigenvalue weighted by molar-refractivity contribution is 0.508. The molecular weight excluding hydrogens is 296 g/mol. The standard InChI is InChI=1S/C15H28N6S/c1-3-16-15(17-9-5-7-11-22-2)18-12-14-20-19-13-8-4-6-10-21(13)14/h3-12H2,1-2H3,(H2,16,17,18). The zero-order valence-electron chi connectivity index (χ0n) is 13.8. The fraction of sp³-hybridized carbons (Fsp3) is 0.800. The summed E-state index contributed by atoms with van der Waals surface area (Å²) in [5, 5.41) is 15.3. The van der Waals surface area contributed by atoms with Crippen molar-refractivity contribution >= 4 is 17.7 Å². The molecule has 0 bridgehead atoms.